The maximum Gasteiger partial charge on any atom is 0.282 e. The van der Waals surface area contributed by atoms with E-state index in [1.807, 2.05) is 37.4 Å². The predicted octanol–water partition coefficient (Wildman–Crippen LogP) is 2.71. The first-order valence-electron chi connectivity index (χ1n) is 7.89. The minimum Gasteiger partial charge on any atom is -0.548 e. The minimum absolute atomic E-state index is 0.124. The van der Waals surface area contributed by atoms with Crippen LogP contribution in [0.25, 0.3) is 16.0 Å². The van der Waals surface area contributed by atoms with Gasteiger partial charge in [-0.25, -0.2) is 4.98 Å². The molecule has 0 aliphatic carbocycles. The highest BCUT2D eigenvalue weighted by Crippen LogP contribution is 2.29. The van der Waals surface area contributed by atoms with Crippen molar-refractivity contribution in [1.29, 1.82) is 0 Å². The van der Waals surface area contributed by atoms with Crippen molar-refractivity contribution in [3.05, 3.63) is 45.0 Å². The summed E-state index contributed by atoms with van der Waals surface area (Å²) in [7, 11) is 0. The molecule has 1 atom stereocenters. The summed E-state index contributed by atoms with van der Waals surface area (Å²) in [5.41, 5.74) is 1.55. The number of carboxylic acid groups (broad SMARTS) is 1. The summed E-state index contributed by atoms with van der Waals surface area (Å²) in [6.45, 7) is 3.65. The topological polar surface area (TPSA) is 79.9 Å². The van der Waals surface area contributed by atoms with Crippen molar-refractivity contribution in [3.63, 3.8) is 0 Å². The standard InChI is InChI=1S/C17H17N3O3S3/c1-4-11(15(22)23)20-13(21)12-14(26-16(18-12)25-3)19(17(20)24)10-7-5-9(2)6-8-10/h5-8,11H,4H2,1-3H3,(H,22,23)/p-1. The van der Waals surface area contributed by atoms with E-state index in [4.69, 9.17) is 12.2 Å². The van der Waals surface area contributed by atoms with E-state index in [0.29, 0.717) is 9.17 Å². The van der Waals surface area contributed by atoms with Gasteiger partial charge in [0, 0.05) is 5.69 Å². The van der Waals surface area contributed by atoms with E-state index in [1.54, 1.807) is 11.5 Å². The molecule has 0 fully saturated rings. The Kier molecular flexibility index (Phi) is 5.31. The van der Waals surface area contributed by atoms with Crippen molar-refractivity contribution < 1.29 is 9.90 Å². The Hall–Kier alpha value is -1.97. The van der Waals surface area contributed by atoms with E-state index in [2.05, 4.69) is 4.98 Å². The van der Waals surface area contributed by atoms with Crippen molar-refractivity contribution in [2.24, 2.45) is 0 Å². The lowest BCUT2D eigenvalue weighted by Crippen LogP contribution is -2.39. The number of nitrogens with zero attached hydrogens (tertiary/aromatic N) is 3. The molecular formula is C17H16N3O3S3-. The molecule has 0 spiro atoms. The maximum absolute atomic E-state index is 12.9. The molecule has 26 heavy (non-hydrogen) atoms. The van der Waals surface area contributed by atoms with Crippen LogP contribution in [-0.2, 0) is 4.79 Å². The normalized spacial score (nSPS) is 12.4. The van der Waals surface area contributed by atoms with Gasteiger partial charge in [-0.3, -0.25) is 13.9 Å². The fraction of sp³-hybridized carbons (Fsp3) is 0.294. The van der Waals surface area contributed by atoms with Crippen molar-refractivity contribution in [3.8, 4) is 5.69 Å². The second kappa shape index (κ2) is 7.34. The van der Waals surface area contributed by atoms with Crippen molar-refractivity contribution >= 4 is 51.6 Å². The lowest BCUT2D eigenvalue weighted by molar-refractivity contribution is -0.310. The first kappa shape index (κ1) is 18.8. The van der Waals surface area contributed by atoms with Crippen LogP contribution in [0.2, 0.25) is 0 Å². The summed E-state index contributed by atoms with van der Waals surface area (Å²) in [5, 5.41) is 11.6. The van der Waals surface area contributed by atoms with Gasteiger partial charge >= 0.3 is 0 Å². The fourth-order valence-corrected chi connectivity index (χ4v) is 4.75. The number of hydrogen-bond acceptors (Lipinski definition) is 7. The average molecular weight is 407 g/mol. The Morgan fingerprint density at radius 3 is 2.58 bits per heavy atom. The molecule has 0 saturated heterocycles. The first-order valence-corrected chi connectivity index (χ1v) is 10.3. The number of aromatic nitrogens is 3. The lowest BCUT2D eigenvalue weighted by atomic mass is 10.2. The van der Waals surface area contributed by atoms with E-state index in [0.717, 1.165) is 15.8 Å². The molecule has 0 N–H and O–H groups in total. The zero-order chi connectivity index (χ0) is 19.0. The zero-order valence-corrected chi connectivity index (χ0v) is 16.8. The predicted molar refractivity (Wildman–Crippen MR) is 105 cm³/mol. The van der Waals surface area contributed by atoms with E-state index in [1.165, 1.54) is 23.1 Å². The smallest absolute Gasteiger partial charge is 0.282 e. The van der Waals surface area contributed by atoms with Crippen molar-refractivity contribution in [1.82, 2.24) is 14.1 Å². The largest absolute Gasteiger partial charge is 0.548 e. The highest BCUT2D eigenvalue weighted by Gasteiger charge is 2.21. The van der Waals surface area contributed by atoms with Crippen LogP contribution < -0.4 is 10.7 Å². The molecule has 0 amide bonds. The molecule has 0 bridgehead atoms. The summed E-state index contributed by atoms with van der Waals surface area (Å²) in [5.74, 6) is -1.34. The Morgan fingerprint density at radius 1 is 1.38 bits per heavy atom. The number of rotatable bonds is 5. The Morgan fingerprint density at radius 2 is 2.04 bits per heavy atom. The van der Waals surface area contributed by atoms with Crippen molar-refractivity contribution in [2.75, 3.05) is 6.26 Å². The van der Waals surface area contributed by atoms with Gasteiger partial charge in [0.25, 0.3) is 5.56 Å². The summed E-state index contributed by atoms with van der Waals surface area (Å²) < 4.78 is 3.66. The second-order valence-corrected chi connectivity index (χ2v) is 8.11. The lowest BCUT2D eigenvalue weighted by Gasteiger charge is -2.21. The Labute approximate surface area is 163 Å². The summed E-state index contributed by atoms with van der Waals surface area (Å²) in [4.78, 5) is 29.5. The number of thioether (sulfide) groups is 1. The Balaban J connectivity index is 2.47. The molecule has 6 nitrogen and oxygen atoms in total. The van der Waals surface area contributed by atoms with E-state index >= 15 is 0 Å². The molecule has 0 saturated carbocycles. The number of hydrogen-bond donors (Lipinski definition) is 0. The minimum atomic E-state index is -1.34. The molecule has 0 aliphatic rings. The third kappa shape index (κ3) is 3.10. The van der Waals surface area contributed by atoms with Gasteiger partial charge in [-0.05, 0) is 44.0 Å². The van der Waals surface area contributed by atoms with E-state index < -0.39 is 17.6 Å². The van der Waals surface area contributed by atoms with Gasteiger partial charge in [-0.1, -0.05) is 47.7 Å². The quantitative estimate of drug-likeness (QED) is 0.479. The van der Waals surface area contributed by atoms with Gasteiger partial charge in [0.05, 0.1) is 12.0 Å². The van der Waals surface area contributed by atoms with Gasteiger partial charge in [-0.2, -0.15) is 0 Å². The van der Waals surface area contributed by atoms with Crippen LogP contribution in [0.5, 0.6) is 0 Å². The number of fused-ring (bicyclic) bond motifs is 1. The highest BCUT2D eigenvalue weighted by molar-refractivity contribution is 8.00. The van der Waals surface area contributed by atoms with Crippen LogP contribution in [0, 0.1) is 11.7 Å². The second-order valence-electron chi connectivity index (χ2n) is 5.71. The monoisotopic (exact) mass is 406 g/mol. The van der Waals surface area contributed by atoms with Gasteiger partial charge in [0.1, 0.15) is 4.83 Å². The van der Waals surface area contributed by atoms with E-state index in [9.17, 15) is 14.7 Å². The molecule has 1 unspecified atom stereocenters. The zero-order valence-electron chi connectivity index (χ0n) is 14.4. The molecule has 1 aromatic carbocycles. The number of carbonyl (C=O) groups is 1. The molecule has 2 aromatic heterocycles. The molecular weight excluding hydrogens is 390 g/mol. The van der Waals surface area contributed by atoms with Gasteiger partial charge in [0.15, 0.2) is 14.6 Å². The summed E-state index contributed by atoms with van der Waals surface area (Å²) in [6, 6.07) is 6.50. The van der Waals surface area contributed by atoms with Crippen LogP contribution in [0.1, 0.15) is 24.9 Å². The van der Waals surface area contributed by atoms with Crippen LogP contribution >= 0.6 is 35.3 Å². The summed E-state index contributed by atoms with van der Waals surface area (Å²) in [6.07, 6.45) is 2.06. The number of benzene rings is 1. The molecule has 0 radical (unpaired) electrons. The van der Waals surface area contributed by atoms with Crippen molar-refractivity contribution in [2.45, 2.75) is 30.6 Å². The number of carbonyl (C=O) groups excluding carboxylic acids is 1. The number of carboxylic acids is 1. The summed E-state index contributed by atoms with van der Waals surface area (Å²) >= 11 is 8.32. The highest BCUT2D eigenvalue weighted by atomic mass is 32.2. The van der Waals surface area contributed by atoms with Gasteiger partial charge in [-0.15, -0.1) is 0 Å². The number of aryl methyl sites for hydroxylation is 1. The number of thiazole rings is 1. The molecule has 2 heterocycles. The van der Waals surface area contributed by atoms with Crippen LogP contribution in [-0.4, -0.2) is 26.3 Å². The number of aliphatic carboxylic acids is 1. The molecule has 136 valence electrons. The third-order valence-electron chi connectivity index (χ3n) is 4.05. The maximum atomic E-state index is 12.9. The van der Waals surface area contributed by atoms with Gasteiger partial charge in [0.2, 0.25) is 0 Å². The van der Waals surface area contributed by atoms with Gasteiger partial charge < -0.3 is 9.90 Å². The third-order valence-corrected chi connectivity index (χ3v) is 6.45. The SMILES string of the molecule is CCC(C(=O)[O-])n1c(=O)c2nc(SC)sc2n(-c2ccc(C)cc2)c1=S. The Bertz CT molecular complexity index is 1100. The first-order chi connectivity index (χ1) is 12.4. The molecule has 3 aromatic rings. The fourth-order valence-electron chi connectivity index (χ4n) is 2.72. The van der Waals surface area contributed by atoms with Crippen LogP contribution in [0.4, 0.5) is 0 Å². The average Bonchev–Trinajstić information content (AvgIpc) is 3.04. The van der Waals surface area contributed by atoms with E-state index in [-0.39, 0.29) is 16.7 Å². The molecule has 9 heteroatoms. The molecule has 3 rings (SSSR count). The molecule has 0 aliphatic heterocycles. The van der Waals surface area contributed by atoms with Crippen LogP contribution in [0.15, 0.2) is 33.4 Å². The van der Waals surface area contributed by atoms with Crippen LogP contribution in [0.3, 0.4) is 0 Å².